The molecule has 5 rings (SSSR count). The molecule has 1 aliphatic rings. The number of fused-ring (bicyclic) bond motifs is 1. The van der Waals surface area contributed by atoms with Gasteiger partial charge in [0.25, 0.3) is 0 Å². The van der Waals surface area contributed by atoms with Gasteiger partial charge in [-0.2, -0.15) is 5.10 Å². The van der Waals surface area contributed by atoms with Crippen molar-refractivity contribution in [3.63, 3.8) is 0 Å². The minimum Gasteiger partial charge on any atom is -0.386 e. The van der Waals surface area contributed by atoms with Crippen LogP contribution in [0.3, 0.4) is 0 Å². The Bertz CT molecular complexity index is 1700. The highest BCUT2D eigenvalue weighted by atomic mass is 32.2. The maximum atomic E-state index is 15.1. The molecule has 3 heterocycles. The summed E-state index contributed by atoms with van der Waals surface area (Å²) >= 11 is 0. The second kappa shape index (κ2) is 12.0. The maximum absolute atomic E-state index is 15.1. The van der Waals surface area contributed by atoms with Crippen LogP contribution in [-0.4, -0.2) is 63.9 Å². The lowest BCUT2D eigenvalue weighted by atomic mass is 9.73. The first-order valence-electron chi connectivity index (χ1n) is 14.2. The molecular weight excluding hydrogens is 576 g/mol. The Balaban J connectivity index is 1.40. The molecule has 3 N–H and O–H groups in total. The molecule has 0 aliphatic heterocycles. The number of aromatic nitrogens is 4. The minimum atomic E-state index is -3.12. The highest BCUT2D eigenvalue weighted by molar-refractivity contribution is 7.90. The van der Waals surface area contributed by atoms with Crippen molar-refractivity contribution in [2.75, 3.05) is 18.6 Å². The molecule has 43 heavy (non-hydrogen) atoms. The first-order chi connectivity index (χ1) is 20.2. The van der Waals surface area contributed by atoms with Gasteiger partial charge in [0.1, 0.15) is 27.3 Å². The van der Waals surface area contributed by atoms with Crippen molar-refractivity contribution in [3.8, 4) is 11.3 Å². The van der Waals surface area contributed by atoms with Crippen molar-refractivity contribution < 1.29 is 27.0 Å². The molecule has 0 bridgehead atoms. The molecule has 1 aliphatic carbocycles. The van der Waals surface area contributed by atoms with E-state index in [1.54, 1.807) is 35.2 Å². The van der Waals surface area contributed by atoms with Crippen molar-refractivity contribution in [2.45, 2.75) is 63.7 Å². The molecular formula is C31H37F2N5O4S. The fraction of sp³-hybridized carbons (Fsp3) is 0.452. The number of benzene rings is 1. The number of hydrogen-bond donors (Lipinski definition) is 2. The summed E-state index contributed by atoms with van der Waals surface area (Å²) in [6, 6.07) is 7.21. The van der Waals surface area contributed by atoms with E-state index in [0.717, 1.165) is 29.7 Å². The van der Waals surface area contributed by atoms with Crippen molar-refractivity contribution in [1.82, 2.24) is 19.6 Å². The van der Waals surface area contributed by atoms with Gasteiger partial charge in [-0.3, -0.25) is 4.98 Å². The number of halogens is 2. The highest BCUT2D eigenvalue weighted by Crippen LogP contribution is 2.39. The summed E-state index contributed by atoms with van der Waals surface area (Å²) in [6.07, 6.45) is 7.99. The van der Waals surface area contributed by atoms with Gasteiger partial charge < -0.3 is 15.6 Å². The maximum Gasteiger partial charge on any atom is 0.149 e. The largest absolute Gasteiger partial charge is 0.386 e. The summed E-state index contributed by atoms with van der Waals surface area (Å²) in [7, 11) is -3.12. The van der Waals surface area contributed by atoms with Crippen LogP contribution < -0.4 is 5.73 Å². The lowest BCUT2D eigenvalue weighted by Gasteiger charge is -2.39. The zero-order valence-electron chi connectivity index (χ0n) is 24.7. The second-order valence-corrected chi connectivity index (χ2v) is 14.4. The van der Waals surface area contributed by atoms with Crippen molar-refractivity contribution in [3.05, 3.63) is 83.1 Å². The van der Waals surface area contributed by atoms with Gasteiger partial charge in [-0.1, -0.05) is 6.92 Å². The zero-order valence-corrected chi connectivity index (χ0v) is 25.5. The second-order valence-electron chi connectivity index (χ2n) is 12.1. The minimum absolute atomic E-state index is 0.0413. The number of aliphatic hydroxyl groups is 1. The van der Waals surface area contributed by atoms with Crippen LogP contribution >= 0.6 is 0 Å². The predicted octanol–water partition coefficient (Wildman–Crippen LogP) is 4.16. The van der Waals surface area contributed by atoms with Crippen molar-refractivity contribution in [2.24, 2.45) is 11.7 Å². The Morgan fingerprint density at radius 1 is 1.14 bits per heavy atom. The lowest BCUT2D eigenvalue weighted by molar-refractivity contribution is -0.0154. The Hall–Kier alpha value is -3.32. The number of imidazole rings is 1. The van der Waals surface area contributed by atoms with E-state index in [2.05, 4.69) is 22.0 Å². The van der Waals surface area contributed by atoms with Gasteiger partial charge >= 0.3 is 0 Å². The molecule has 0 saturated heterocycles. The highest BCUT2D eigenvalue weighted by Gasteiger charge is 2.36. The number of ether oxygens (including phenoxy) is 1. The van der Waals surface area contributed by atoms with E-state index in [1.807, 2.05) is 6.07 Å². The molecule has 1 saturated carbocycles. The Labute approximate surface area is 250 Å². The average molecular weight is 614 g/mol. The fourth-order valence-electron chi connectivity index (χ4n) is 5.95. The standard InChI is InChI=1S/C31H37F2N5O4S/c1-18-11-19(12-26(34)30(18)42-9-10-43(4,40)41)23-7-8-35-16-20(23)13-28-36-17-22-5-6-27(37-38(22)28)29-24(32)14-21(15-25(29)33)31(2,3)39/h5-8,14-19,26,30,39H,9-13,34H2,1-4H3/t18-,19+,26+,30-/m0/s1. The van der Waals surface area contributed by atoms with E-state index < -0.39 is 27.1 Å². The molecule has 0 amide bonds. The molecule has 4 atom stereocenters. The molecule has 1 aromatic carbocycles. The molecule has 0 spiro atoms. The predicted molar refractivity (Wildman–Crippen MR) is 159 cm³/mol. The van der Waals surface area contributed by atoms with Crippen LogP contribution in [0.4, 0.5) is 8.78 Å². The van der Waals surface area contributed by atoms with Crippen LogP contribution in [0.2, 0.25) is 0 Å². The molecule has 3 aromatic heterocycles. The van der Waals surface area contributed by atoms with E-state index in [1.165, 1.54) is 20.1 Å². The van der Waals surface area contributed by atoms with E-state index in [0.29, 0.717) is 24.2 Å². The van der Waals surface area contributed by atoms with E-state index >= 15 is 8.78 Å². The summed E-state index contributed by atoms with van der Waals surface area (Å²) in [5.74, 6) is -0.859. The third kappa shape index (κ3) is 6.93. The summed E-state index contributed by atoms with van der Waals surface area (Å²) in [5.41, 5.74) is 7.78. The quantitative estimate of drug-likeness (QED) is 0.288. The Kier molecular flexibility index (Phi) is 8.68. The molecule has 1 fully saturated rings. The van der Waals surface area contributed by atoms with Crippen molar-refractivity contribution in [1.29, 1.82) is 0 Å². The zero-order chi connectivity index (χ0) is 31.1. The summed E-state index contributed by atoms with van der Waals surface area (Å²) in [4.78, 5) is 8.90. The molecule has 12 heteroatoms. The number of rotatable bonds is 9. The van der Waals surface area contributed by atoms with E-state index in [-0.39, 0.29) is 53.2 Å². The summed E-state index contributed by atoms with van der Waals surface area (Å²) < 4.78 is 60.7. The van der Waals surface area contributed by atoms with Crippen LogP contribution in [0.1, 0.15) is 62.0 Å². The number of pyridine rings is 1. The first kappa shape index (κ1) is 31.1. The molecule has 4 aromatic rings. The third-order valence-electron chi connectivity index (χ3n) is 8.15. The molecule has 230 valence electrons. The fourth-order valence-corrected chi connectivity index (χ4v) is 6.35. The van der Waals surface area contributed by atoms with Gasteiger partial charge in [-0.25, -0.2) is 26.7 Å². The first-order valence-corrected chi connectivity index (χ1v) is 16.3. The van der Waals surface area contributed by atoms with Crippen LogP contribution in [0.5, 0.6) is 0 Å². The molecule has 0 unspecified atom stereocenters. The smallest absolute Gasteiger partial charge is 0.149 e. The third-order valence-corrected chi connectivity index (χ3v) is 9.06. The number of nitrogens with two attached hydrogens (primary N) is 1. The lowest BCUT2D eigenvalue weighted by Crippen LogP contribution is -2.47. The number of hydrogen-bond acceptors (Lipinski definition) is 8. The summed E-state index contributed by atoms with van der Waals surface area (Å²) in [6.45, 7) is 5.11. The average Bonchev–Trinajstić information content (AvgIpc) is 3.31. The van der Waals surface area contributed by atoms with Gasteiger partial charge in [-0.15, -0.1) is 0 Å². The Morgan fingerprint density at radius 2 is 1.86 bits per heavy atom. The van der Waals surface area contributed by atoms with E-state index in [9.17, 15) is 13.5 Å². The monoisotopic (exact) mass is 613 g/mol. The molecule has 0 radical (unpaired) electrons. The topological polar surface area (TPSA) is 133 Å². The van der Waals surface area contributed by atoms with Crippen LogP contribution in [0, 0.1) is 17.6 Å². The Morgan fingerprint density at radius 3 is 2.51 bits per heavy atom. The number of sulfone groups is 1. The van der Waals surface area contributed by atoms with Crippen LogP contribution in [0.25, 0.3) is 16.8 Å². The van der Waals surface area contributed by atoms with E-state index in [4.69, 9.17) is 10.5 Å². The molecule has 9 nitrogen and oxygen atoms in total. The van der Waals surface area contributed by atoms with Gasteiger partial charge in [0.05, 0.1) is 47.0 Å². The van der Waals surface area contributed by atoms with Crippen molar-refractivity contribution >= 4 is 15.4 Å². The van der Waals surface area contributed by atoms with Gasteiger partial charge in [0.15, 0.2) is 0 Å². The normalized spacial score (nSPS) is 21.4. The van der Waals surface area contributed by atoms with Gasteiger partial charge in [-0.05, 0) is 85.5 Å². The van der Waals surface area contributed by atoms with Gasteiger partial charge in [0, 0.05) is 31.1 Å². The SMILES string of the molecule is C[C@H]1C[C@@H](c2ccncc2Cc2ncc3ccc(-c4c(F)cc(C(C)(C)O)cc4F)nn23)C[C@@H](N)[C@H]1OCCS(C)(=O)=O. The van der Waals surface area contributed by atoms with Gasteiger partial charge in [0.2, 0.25) is 0 Å². The number of nitrogens with zero attached hydrogens (tertiary/aromatic N) is 4. The van der Waals surface area contributed by atoms with Crippen LogP contribution in [0.15, 0.2) is 48.9 Å². The summed E-state index contributed by atoms with van der Waals surface area (Å²) in [5, 5.41) is 14.8. The van der Waals surface area contributed by atoms with Crippen LogP contribution in [-0.2, 0) is 26.6 Å².